The highest BCUT2D eigenvalue weighted by Crippen LogP contribution is 2.32. The zero-order chi connectivity index (χ0) is 15.5. The predicted octanol–water partition coefficient (Wildman–Crippen LogP) is 4.48. The van der Waals surface area contributed by atoms with E-state index in [1.165, 1.54) is 11.3 Å². The number of rotatable bonds is 5. The lowest BCUT2D eigenvalue weighted by molar-refractivity contribution is 0.0906. The maximum Gasteiger partial charge on any atom is 0.210 e. The molecule has 0 unspecified atom stereocenters. The van der Waals surface area contributed by atoms with E-state index in [1.54, 1.807) is 12.1 Å². The SMILES string of the molecule is C=C(OCC(=O)c1cccs1)c1ccc2ccccc2c1O. The molecule has 3 aromatic rings. The Hall–Kier alpha value is -2.59. The van der Waals surface area contributed by atoms with E-state index < -0.39 is 0 Å². The third-order valence-corrected chi connectivity index (χ3v) is 4.29. The highest BCUT2D eigenvalue weighted by Gasteiger charge is 2.13. The van der Waals surface area contributed by atoms with Crippen molar-refractivity contribution in [3.8, 4) is 5.75 Å². The van der Waals surface area contributed by atoms with Crippen LogP contribution in [0, 0.1) is 0 Å². The van der Waals surface area contributed by atoms with Crippen LogP contribution < -0.4 is 0 Å². The fraction of sp³-hybridized carbons (Fsp3) is 0.0556. The Balaban J connectivity index is 1.78. The van der Waals surface area contributed by atoms with E-state index in [9.17, 15) is 9.90 Å². The van der Waals surface area contributed by atoms with Crippen LogP contribution in [0.4, 0.5) is 0 Å². The zero-order valence-electron chi connectivity index (χ0n) is 11.8. The van der Waals surface area contributed by atoms with Gasteiger partial charge >= 0.3 is 0 Å². The molecule has 3 nitrogen and oxygen atoms in total. The van der Waals surface area contributed by atoms with Gasteiger partial charge < -0.3 is 9.84 Å². The molecule has 1 N–H and O–H groups in total. The van der Waals surface area contributed by atoms with Crippen molar-refractivity contribution in [2.75, 3.05) is 6.61 Å². The van der Waals surface area contributed by atoms with Crippen molar-refractivity contribution >= 4 is 33.7 Å². The first-order valence-electron chi connectivity index (χ1n) is 6.76. The lowest BCUT2D eigenvalue weighted by atomic mass is 10.0. The predicted molar refractivity (Wildman–Crippen MR) is 89.2 cm³/mol. The van der Waals surface area contributed by atoms with Gasteiger partial charge in [0.05, 0.1) is 10.4 Å². The normalized spacial score (nSPS) is 10.5. The number of hydrogen-bond donors (Lipinski definition) is 1. The summed E-state index contributed by atoms with van der Waals surface area (Å²) in [5.41, 5.74) is 0.498. The number of benzene rings is 2. The number of phenols is 1. The Morgan fingerprint density at radius 3 is 2.73 bits per heavy atom. The van der Waals surface area contributed by atoms with Crippen LogP contribution in [0.2, 0.25) is 0 Å². The molecule has 0 spiro atoms. The highest BCUT2D eigenvalue weighted by atomic mass is 32.1. The van der Waals surface area contributed by atoms with Gasteiger partial charge in [-0.15, -0.1) is 11.3 Å². The molecule has 4 heteroatoms. The molecule has 0 bridgehead atoms. The van der Waals surface area contributed by atoms with E-state index in [-0.39, 0.29) is 23.9 Å². The van der Waals surface area contributed by atoms with Gasteiger partial charge in [-0.1, -0.05) is 43.0 Å². The number of Topliss-reactive ketones (excluding diaryl/α,β-unsaturated/α-hetero) is 1. The second kappa shape index (κ2) is 6.03. The first kappa shape index (κ1) is 14.4. The fourth-order valence-electron chi connectivity index (χ4n) is 2.22. The molecule has 1 aromatic heterocycles. The Morgan fingerprint density at radius 1 is 1.14 bits per heavy atom. The van der Waals surface area contributed by atoms with E-state index in [0.29, 0.717) is 10.4 Å². The second-order valence-electron chi connectivity index (χ2n) is 4.80. The molecule has 0 aliphatic heterocycles. The van der Waals surface area contributed by atoms with Crippen LogP contribution in [0.3, 0.4) is 0 Å². The summed E-state index contributed by atoms with van der Waals surface area (Å²) in [6, 6.07) is 14.7. The Morgan fingerprint density at radius 2 is 1.95 bits per heavy atom. The molecule has 110 valence electrons. The number of ether oxygens (including phenoxy) is 1. The molecule has 0 fully saturated rings. The van der Waals surface area contributed by atoms with E-state index in [4.69, 9.17) is 4.74 Å². The smallest absolute Gasteiger partial charge is 0.210 e. The molecule has 0 aliphatic rings. The van der Waals surface area contributed by atoms with Gasteiger partial charge in [-0.3, -0.25) is 4.79 Å². The molecule has 0 aliphatic carbocycles. The summed E-state index contributed by atoms with van der Waals surface area (Å²) in [6.07, 6.45) is 0. The van der Waals surface area contributed by atoms with Crippen molar-refractivity contribution in [3.05, 3.63) is 70.9 Å². The van der Waals surface area contributed by atoms with E-state index in [1.807, 2.05) is 41.8 Å². The van der Waals surface area contributed by atoms with Crippen LogP contribution in [-0.2, 0) is 4.74 Å². The summed E-state index contributed by atoms with van der Waals surface area (Å²) in [6.45, 7) is 3.72. The first-order chi connectivity index (χ1) is 10.7. The summed E-state index contributed by atoms with van der Waals surface area (Å²) in [5, 5.41) is 13.9. The minimum absolute atomic E-state index is 0.0917. The van der Waals surface area contributed by atoms with Crippen molar-refractivity contribution in [2.45, 2.75) is 0 Å². The number of carbonyl (C=O) groups excluding carboxylic acids is 1. The first-order valence-corrected chi connectivity index (χ1v) is 7.64. The monoisotopic (exact) mass is 310 g/mol. The molecule has 0 saturated carbocycles. The maximum atomic E-state index is 11.9. The van der Waals surface area contributed by atoms with E-state index in [0.717, 1.165) is 10.8 Å². The van der Waals surface area contributed by atoms with Crippen molar-refractivity contribution < 1.29 is 14.6 Å². The molecular formula is C18H14O3S. The van der Waals surface area contributed by atoms with E-state index >= 15 is 0 Å². The quantitative estimate of drug-likeness (QED) is 0.558. The molecule has 0 radical (unpaired) electrons. The van der Waals surface area contributed by atoms with E-state index in [2.05, 4.69) is 6.58 Å². The number of ketones is 1. The van der Waals surface area contributed by atoms with Crippen LogP contribution in [-0.4, -0.2) is 17.5 Å². The van der Waals surface area contributed by atoms with Crippen molar-refractivity contribution in [2.24, 2.45) is 0 Å². The van der Waals surface area contributed by atoms with Crippen LogP contribution in [0.25, 0.3) is 16.5 Å². The van der Waals surface area contributed by atoms with Gasteiger partial charge in [0, 0.05) is 5.39 Å². The van der Waals surface area contributed by atoms with Gasteiger partial charge in [-0.25, -0.2) is 0 Å². The summed E-state index contributed by atoms with van der Waals surface area (Å²) in [7, 11) is 0. The third-order valence-electron chi connectivity index (χ3n) is 3.37. The summed E-state index contributed by atoms with van der Waals surface area (Å²) < 4.78 is 5.45. The summed E-state index contributed by atoms with van der Waals surface area (Å²) >= 11 is 1.37. The fourth-order valence-corrected chi connectivity index (χ4v) is 2.87. The van der Waals surface area contributed by atoms with Gasteiger partial charge in [0.2, 0.25) is 5.78 Å². The van der Waals surface area contributed by atoms with Crippen LogP contribution >= 0.6 is 11.3 Å². The lowest BCUT2D eigenvalue weighted by Gasteiger charge is -2.11. The molecule has 2 aromatic carbocycles. The molecule has 0 saturated heterocycles. The topological polar surface area (TPSA) is 46.5 Å². The van der Waals surface area contributed by atoms with Gasteiger partial charge in [0.15, 0.2) is 6.61 Å². The highest BCUT2D eigenvalue weighted by molar-refractivity contribution is 7.12. The van der Waals surface area contributed by atoms with Gasteiger partial charge in [0.25, 0.3) is 0 Å². The molecule has 22 heavy (non-hydrogen) atoms. The zero-order valence-corrected chi connectivity index (χ0v) is 12.6. The van der Waals surface area contributed by atoms with Crippen LogP contribution in [0.5, 0.6) is 5.75 Å². The van der Waals surface area contributed by atoms with Gasteiger partial charge in [-0.2, -0.15) is 0 Å². The Kier molecular flexibility index (Phi) is 3.94. The molecular weight excluding hydrogens is 296 g/mol. The standard InChI is InChI=1S/C18H14O3S/c1-12(21-11-16(19)17-7-4-10-22-17)14-9-8-13-5-2-3-6-15(13)18(14)20/h2-10,20H,1,11H2. The van der Waals surface area contributed by atoms with Crippen LogP contribution in [0.1, 0.15) is 15.2 Å². The molecule has 1 heterocycles. The maximum absolute atomic E-state index is 11.9. The molecule has 0 amide bonds. The molecule has 0 atom stereocenters. The largest absolute Gasteiger partial charge is 0.507 e. The second-order valence-corrected chi connectivity index (χ2v) is 5.74. The van der Waals surface area contributed by atoms with Crippen LogP contribution in [0.15, 0.2) is 60.5 Å². The van der Waals surface area contributed by atoms with Gasteiger partial charge in [0.1, 0.15) is 11.5 Å². The number of phenolic OH excluding ortho intramolecular Hbond substituents is 1. The number of hydrogen-bond acceptors (Lipinski definition) is 4. The number of aromatic hydroxyl groups is 1. The average Bonchev–Trinajstić information content (AvgIpc) is 3.07. The number of carbonyl (C=O) groups is 1. The van der Waals surface area contributed by atoms with Crippen molar-refractivity contribution in [3.63, 3.8) is 0 Å². The summed E-state index contributed by atoms with van der Waals surface area (Å²) in [4.78, 5) is 12.6. The Labute approximate surface area is 132 Å². The Bertz CT molecular complexity index is 835. The van der Waals surface area contributed by atoms with Gasteiger partial charge in [-0.05, 0) is 22.9 Å². The third kappa shape index (κ3) is 2.73. The summed E-state index contributed by atoms with van der Waals surface area (Å²) in [5.74, 6) is 0.302. The number of fused-ring (bicyclic) bond motifs is 1. The van der Waals surface area contributed by atoms with Crippen molar-refractivity contribution in [1.29, 1.82) is 0 Å². The minimum atomic E-state index is -0.101. The lowest BCUT2D eigenvalue weighted by Crippen LogP contribution is -2.06. The number of thiophene rings is 1. The average molecular weight is 310 g/mol. The van der Waals surface area contributed by atoms with Crippen molar-refractivity contribution in [1.82, 2.24) is 0 Å². The molecule has 3 rings (SSSR count). The minimum Gasteiger partial charge on any atom is -0.507 e.